The number of fused-ring (bicyclic) bond motifs is 4. The molecule has 2 aliphatic rings. The fourth-order valence-electron chi connectivity index (χ4n) is 3.09. The molecular formula is C12H15N2O2P. The Balaban J connectivity index is 2.12. The summed E-state index contributed by atoms with van der Waals surface area (Å²) >= 11 is 0. The largest absolute Gasteiger partial charge is 0.311 e. The predicted octanol–water partition coefficient (Wildman–Crippen LogP) is 0.870. The first kappa shape index (κ1) is 11.1. The number of piperidine rings is 1. The van der Waals surface area contributed by atoms with Gasteiger partial charge < -0.3 is 4.57 Å². The summed E-state index contributed by atoms with van der Waals surface area (Å²) < 4.78 is 4.06. The molecule has 3 rings (SSSR count). The number of aldehydes is 1. The van der Waals surface area contributed by atoms with E-state index in [2.05, 4.69) is 14.1 Å². The molecule has 1 aromatic heterocycles. The number of hydrogen-bond acceptors (Lipinski definition) is 3. The maximum atomic E-state index is 12.1. The van der Waals surface area contributed by atoms with E-state index in [1.165, 1.54) is 0 Å². The summed E-state index contributed by atoms with van der Waals surface area (Å²) in [5, 5.41) is 0. The highest BCUT2D eigenvalue weighted by molar-refractivity contribution is 7.13. The van der Waals surface area contributed by atoms with Crippen molar-refractivity contribution in [3.05, 3.63) is 33.7 Å². The third-order valence-corrected chi connectivity index (χ3v) is 4.21. The van der Waals surface area contributed by atoms with Crippen molar-refractivity contribution < 1.29 is 4.79 Å². The quantitative estimate of drug-likeness (QED) is 0.548. The molecule has 90 valence electrons. The second-order valence-corrected chi connectivity index (χ2v) is 5.73. The molecule has 5 heteroatoms. The maximum Gasteiger partial charge on any atom is 0.261 e. The summed E-state index contributed by atoms with van der Waals surface area (Å²) in [6.07, 6.45) is 1.81. The van der Waals surface area contributed by atoms with Crippen molar-refractivity contribution >= 4 is 15.7 Å². The minimum Gasteiger partial charge on any atom is -0.311 e. The summed E-state index contributed by atoms with van der Waals surface area (Å²) in [6.45, 7) is 2.73. The SMILES string of the molecule is O=Cc1ccc2n(c1=O)CC1CC2CN(P)C1. The van der Waals surface area contributed by atoms with Gasteiger partial charge in [-0.3, -0.25) is 14.3 Å². The van der Waals surface area contributed by atoms with Crippen LogP contribution in [0.5, 0.6) is 0 Å². The van der Waals surface area contributed by atoms with Gasteiger partial charge >= 0.3 is 0 Å². The zero-order chi connectivity index (χ0) is 12.0. The molecule has 0 aliphatic carbocycles. The first-order valence-electron chi connectivity index (χ1n) is 5.87. The summed E-state index contributed by atoms with van der Waals surface area (Å²) in [6, 6.07) is 3.60. The van der Waals surface area contributed by atoms with Crippen LogP contribution in [0.3, 0.4) is 0 Å². The monoisotopic (exact) mass is 250 g/mol. The van der Waals surface area contributed by atoms with Crippen LogP contribution in [0.2, 0.25) is 0 Å². The minimum absolute atomic E-state index is 0.121. The van der Waals surface area contributed by atoms with Crippen LogP contribution in [0.25, 0.3) is 0 Å². The molecule has 1 aromatic rings. The van der Waals surface area contributed by atoms with Crippen LogP contribution >= 0.6 is 9.39 Å². The fraction of sp³-hybridized carbons (Fsp3) is 0.500. The van der Waals surface area contributed by atoms with Gasteiger partial charge in [-0.05, 0) is 24.5 Å². The average molecular weight is 250 g/mol. The van der Waals surface area contributed by atoms with Crippen LogP contribution in [0.15, 0.2) is 16.9 Å². The molecule has 0 amide bonds. The molecule has 3 unspecified atom stereocenters. The highest BCUT2D eigenvalue weighted by atomic mass is 31.0. The second kappa shape index (κ2) is 4.04. The van der Waals surface area contributed by atoms with E-state index in [1.807, 2.05) is 6.07 Å². The van der Waals surface area contributed by atoms with Gasteiger partial charge in [0.1, 0.15) is 0 Å². The maximum absolute atomic E-state index is 12.1. The molecule has 1 fully saturated rings. The van der Waals surface area contributed by atoms with Gasteiger partial charge in [0, 0.05) is 31.2 Å². The van der Waals surface area contributed by atoms with Crippen molar-refractivity contribution in [3.8, 4) is 0 Å². The molecule has 1 saturated heterocycles. The lowest BCUT2D eigenvalue weighted by Crippen LogP contribution is -2.44. The Morgan fingerprint density at radius 3 is 2.88 bits per heavy atom. The van der Waals surface area contributed by atoms with Crippen molar-refractivity contribution in [2.24, 2.45) is 5.92 Å². The van der Waals surface area contributed by atoms with Crippen LogP contribution < -0.4 is 5.56 Å². The molecule has 0 aromatic carbocycles. The molecule has 4 nitrogen and oxygen atoms in total. The number of pyridine rings is 1. The standard InChI is InChI=1S/C12H15N2O2P/c15-7-9-1-2-11-10-3-8(4-13(17)6-10)5-14(11)12(9)16/h1-2,7-8,10H,3-6,17H2. The van der Waals surface area contributed by atoms with Gasteiger partial charge in [0.15, 0.2) is 6.29 Å². The molecule has 2 bridgehead atoms. The van der Waals surface area contributed by atoms with Crippen molar-refractivity contribution in [3.63, 3.8) is 0 Å². The van der Waals surface area contributed by atoms with E-state index in [9.17, 15) is 9.59 Å². The summed E-state index contributed by atoms with van der Waals surface area (Å²) in [7, 11) is 2.75. The minimum atomic E-state index is -0.121. The van der Waals surface area contributed by atoms with Crippen molar-refractivity contribution in [1.29, 1.82) is 0 Å². The van der Waals surface area contributed by atoms with Gasteiger partial charge in [-0.15, -0.1) is 0 Å². The van der Waals surface area contributed by atoms with E-state index in [0.717, 1.165) is 31.7 Å². The number of hydrogen-bond donors (Lipinski definition) is 0. The highest BCUT2D eigenvalue weighted by Gasteiger charge is 2.33. The molecular weight excluding hydrogens is 235 g/mol. The van der Waals surface area contributed by atoms with Gasteiger partial charge in [0.2, 0.25) is 0 Å². The molecule has 0 saturated carbocycles. The van der Waals surface area contributed by atoms with Gasteiger partial charge in [-0.1, -0.05) is 9.39 Å². The van der Waals surface area contributed by atoms with E-state index < -0.39 is 0 Å². The number of nitrogens with zero attached hydrogens (tertiary/aromatic N) is 2. The first-order chi connectivity index (χ1) is 8.19. The fourth-order valence-corrected chi connectivity index (χ4v) is 3.64. The number of carbonyl (C=O) groups is 1. The van der Waals surface area contributed by atoms with Gasteiger partial charge in [-0.25, -0.2) is 0 Å². The van der Waals surface area contributed by atoms with Crippen LogP contribution in [0, 0.1) is 5.92 Å². The molecule has 0 radical (unpaired) electrons. The highest BCUT2D eigenvalue weighted by Crippen LogP contribution is 2.35. The number of aromatic nitrogens is 1. The second-order valence-electron chi connectivity index (χ2n) is 5.00. The number of rotatable bonds is 1. The molecule has 2 aliphatic heterocycles. The van der Waals surface area contributed by atoms with E-state index in [4.69, 9.17) is 0 Å². The van der Waals surface area contributed by atoms with E-state index in [-0.39, 0.29) is 11.1 Å². The Morgan fingerprint density at radius 1 is 1.29 bits per heavy atom. The predicted molar refractivity (Wildman–Crippen MR) is 68.2 cm³/mol. The van der Waals surface area contributed by atoms with Crippen LogP contribution in [-0.4, -0.2) is 28.6 Å². The van der Waals surface area contributed by atoms with E-state index >= 15 is 0 Å². The van der Waals surface area contributed by atoms with E-state index in [1.54, 1.807) is 10.6 Å². The lowest BCUT2D eigenvalue weighted by Gasteiger charge is -2.41. The van der Waals surface area contributed by atoms with Crippen molar-refractivity contribution in [2.75, 3.05) is 13.1 Å². The lowest BCUT2D eigenvalue weighted by molar-refractivity contribution is 0.112. The van der Waals surface area contributed by atoms with Crippen LogP contribution in [-0.2, 0) is 6.54 Å². The van der Waals surface area contributed by atoms with Crippen molar-refractivity contribution in [1.82, 2.24) is 9.24 Å². The summed E-state index contributed by atoms with van der Waals surface area (Å²) in [5.41, 5.74) is 1.24. The summed E-state index contributed by atoms with van der Waals surface area (Å²) in [5.74, 6) is 0.951. The molecule has 3 atom stereocenters. The molecule has 3 heterocycles. The zero-order valence-corrected chi connectivity index (χ0v) is 10.7. The van der Waals surface area contributed by atoms with Gasteiger partial charge in [-0.2, -0.15) is 0 Å². The average Bonchev–Trinajstić information content (AvgIpc) is 2.30. The smallest absolute Gasteiger partial charge is 0.261 e. The Labute approximate surface area is 102 Å². The lowest BCUT2D eigenvalue weighted by atomic mass is 9.84. The van der Waals surface area contributed by atoms with Crippen LogP contribution in [0.4, 0.5) is 0 Å². The molecule has 0 N–H and O–H groups in total. The third-order valence-electron chi connectivity index (χ3n) is 3.79. The van der Waals surface area contributed by atoms with Gasteiger partial charge in [0.25, 0.3) is 5.56 Å². The Morgan fingerprint density at radius 2 is 2.12 bits per heavy atom. The summed E-state index contributed by atoms with van der Waals surface area (Å²) in [4.78, 5) is 22.9. The van der Waals surface area contributed by atoms with E-state index in [0.29, 0.717) is 18.1 Å². The number of carbonyl (C=O) groups excluding carboxylic acids is 1. The molecule has 0 spiro atoms. The Kier molecular flexibility index (Phi) is 2.64. The first-order valence-corrected chi connectivity index (χ1v) is 6.39. The third kappa shape index (κ3) is 1.76. The zero-order valence-electron chi connectivity index (χ0n) is 9.50. The normalized spacial score (nSPS) is 27.6. The van der Waals surface area contributed by atoms with Gasteiger partial charge in [0.05, 0.1) is 5.56 Å². The molecule has 17 heavy (non-hydrogen) atoms. The Hall–Kier alpha value is -0.990. The topological polar surface area (TPSA) is 42.3 Å². The van der Waals surface area contributed by atoms with Crippen molar-refractivity contribution in [2.45, 2.75) is 18.9 Å². The Bertz CT molecular complexity index is 526. The van der Waals surface area contributed by atoms with Crippen LogP contribution in [0.1, 0.15) is 28.4 Å².